The molecule has 0 saturated heterocycles. The van der Waals surface area contributed by atoms with Crippen molar-refractivity contribution in [2.24, 2.45) is 5.10 Å². The summed E-state index contributed by atoms with van der Waals surface area (Å²) in [5.41, 5.74) is 4.51. The highest BCUT2D eigenvalue weighted by Crippen LogP contribution is 2.13. The number of nitrogens with zero attached hydrogens (tertiary/aromatic N) is 1. The minimum Gasteiger partial charge on any atom is -0.508 e. The third-order valence-corrected chi connectivity index (χ3v) is 3.04. The summed E-state index contributed by atoms with van der Waals surface area (Å²) in [5, 5.41) is 13.3. The Bertz CT molecular complexity index is 661. The van der Waals surface area contributed by atoms with E-state index < -0.39 is 0 Å². The molecule has 2 aromatic carbocycles. The van der Waals surface area contributed by atoms with Gasteiger partial charge in [-0.3, -0.25) is 4.79 Å². The van der Waals surface area contributed by atoms with E-state index in [1.807, 2.05) is 38.1 Å². The Hall–Kier alpha value is -2.82. The molecule has 0 bridgehead atoms. The van der Waals surface area contributed by atoms with Crippen LogP contribution in [0.1, 0.15) is 29.8 Å². The van der Waals surface area contributed by atoms with Crippen LogP contribution in [0.15, 0.2) is 53.6 Å². The fourth-order valence-corrected chi connectivity index (χ4v) is 1.84. The van der Waals surface area contributed by atoms with Crippen LogP contribution >= 0.6 is 0 Å². The number of rotatable bonds is 5. The molecular formula is C17H18N2O3. The van der Waals surface area contributed by atoms with Crippen molar-refractivity contribution < 1.29 is 14.6 Å². The first kappa shape index (κ1) is 15.6. The lowest BCUT2D eigenvalue weighted by atomic mass is 10.1. The molecule has 0 radical (unpaired) electrons. The third-order valence-electron chi connectivity index (χ3n) is 3.04. The number of carbonyl (C=O) groups is 1. The molecular weight excluding hydrogens is 280 g/mol. The van der Waals surface area contributed by atoms with E-state index >= 15 is 0 Å². The van der Waals surface area contributed by atoms with Gasteiger partial charge in [-0.05, 0) is 67.9 Å². The second-order valence-corrected chi connectivity index (χ2v) is 4.64. The third kappa shape index (κ3) is 4.09. The van der Waals surface area contributed by atoms with Crippen molar-refractivity contribution in [2.75, 3.05) is 6.61 Å². The number of benzene rings is 2. The first-order chi connectivity index (χ1) is 10.6. The molecule has 2 aromatic rings. The number of hydrogen-bond donors (Lipinski definition) is 2. The van der Waals surface area contributed by atoms with E-state index in [4.69, 9.17) is 4.74 Å². The van der Waals surface area contributed by atoms with Crippen molar-refractivity contribution in [3.8, 4) is 11.5 Å². The Labute approximate surface area is 129 Å². The Morgan fingerprint density at radius 3 is 2.27 bits per heavy atom. The molecule has 0 heterocycles. The molecule has 2 N–H and O–H groups in total. The van der Waals surface area contributed by atoms with Crippen LogP contribution in [0.25, 0.3) is 0 Å². The Morgan fingerprint density at radius 2 is 1.68 bits per heavy atom. The van der Waals surface area contributed by atoms with Gasteiger partial charge < -0.3 is 9.84 Å². The minimum absolute atomic E-state index is 0.116. The molecule has 22 heavy (non-hydrogen) atoms. The number of hydrazone groups is 1. The number of carbonyl (C=O) groups excluding carboxylic acids is 1. The van der Waals surface area contributed by atoms with Crippen LogP contribution < -0.4 is 10.2 Å². The standard InChI is InChI=1S/C17H18N2O3/c1-3-22-16-10-6-13(7-11-16)12(2)18-19-17(21)14-4-8-15(20)9-5-14/h4-11,20H,3H2,1-2H3,(H,19,21)/b18-12+. The fourth-order valence-electron chi connectivity index (χ4n) is 1.84. The monoisotopic (exact) mass is 298 g/mol. The summed E-state index contributed by atoms with van der Waals surface area (Å²) in [5.74, 6) is 0.586. The molecule has 0 aromatic heterocycles. The molecule has 114 valence electrons. The van der Waals surface area contributed by atoms with Crippen molar-refractivity contribution >= 4 is 11.6 Å². The van der Waals surface area contributed by atoms with Gasteiger partial charge in [-0.1, -0.05) is 0 Å². The lowest BCUT2D eigenvalue weighted by Crippen LogP contribution is -2.19. The van der Waals surface area contributed by atoms with Crippen LogP contribution in [-0.4, -0.2) is 23.3 Å². The highest BCUT2D eigenvalue weighted by molar-refractivity contribution is 6.00. The normalized spacial score (nSPS) is 11.1. The molecule has 0 saturated carbocycles. The molecule has 5 heteroatoms. The zero-order valence-corrected chi connectivity index (χ0v) is 12.5. The summed E-state index contributed by atoms with van der Waals surface area (Å²) in [7, 11) is 0. The van der Waals surface area contributed by atoms with E-state index in [2.05, 4.69) is 10.5 Å². The van der Waals surface area contributed by atoms with E-state index in [0.29, 0.717) is 17.9 Å². The summed E-state index contributed by atoms with van der Waals surface area (Å²) < 4.78 is 5.38. The molecule has 1 amide bonds. The van der Waals surface area contributed by atoms with Crippen LogP contribution in [0, 0.1) is 0 Å². The van der Waals surface area contributed by atoms with Crippen LogP contribution in [-0.2, 0) is 0 Å². The van der Waals surface area contributed by atoms with Gasteiger partial charge >= 0.3 is 0 Å². The van der Waals surface area contributed by atoms with Crippen LogP contribution in [0.2, 0.25) is 0 Å². The summed E-state index contributed by atoms with van der Waals surface area (Å²) in [4.78, 5) is 11.9. The van der Waals surface area contributed by atoms with Crippen LogP contribution in [0.4, 0.5) is 0 Å². The van der Waals surface area contributed by atoms with Gasteiger partial charge in [0.2, 0.25) is 0 Å². The summed E-state index contributed by atoms with van der Waals surface area (Å²) in [6.45, 7) is 4.36. The fraction of sp³-hybridized carbons (Fsp3) is 0.176. The average molecular weight is 298 g/mol. The van der Waals surface area contributed by atoms with E-state index in [1.165, 1.54) is 24.3 Å². The van der Waals surface area contributed by atoms with Crippen molar-refractivity contribution in [2.45, 2.75) is 13.8 Å². The summed E-state index contributed by atoms with van der Waals surface area (Å²) >= 11 is 0. The van der Waals surface area contributed by atoms with Gasteiger partial charge in [-0.15, -0.1) is 0 Å². The molecule has 0 spiro atoms. The van der Waals surface area contributed by atoms with Gasteiger partial charge in [0.1, 0.15) is 11.5 Å². The summed E-state index contributed by atoms with van der Waals surface area (Å²) in [6, 6.07) is 13.5. The first-order valence-electron chi connectivity index (χ1n) is 6.97. The molecule has 0 aliphatic carbocycles. The smallest absolute Gasteiger partial charge is 0.271 e. The van der Waals surface area contributed by atoms with E-state index in [9.17, 15) is 9.90 Å². The average Bonchev–Trinajstić information content (AvgIpc) is 2.54. The lowest BCUT2D eigenvalue weighted by Gasteiger charge is -2.05. The van der Waals surface area contributed by atoms with Gasteiger partial charge in [0.25, 0.3) is 5.91 Å². The van der Waals surface area contributed by atoms with E-state index in [-0.39, 0.29) is 11.7 Å². The van der Waals surface area contributed by atoms with Gasteiger partial charge in [-0.2, -0.15) is 5.10 Å². The van der Waals surface area contributed by atoms with Crippen molar-refractivity contribution in [3.05, 3.63) is 59.7 Å². The van der Waals surface area contributed by atoms with E-state index in [1.54, 1.807) is 0 Å². The zero-order chi connectivity index (χ0) is 15.9. The minimum atomic E-state index is -0.328. The maximum Gasteiger partial charge on any atom is 0.271 e. The van der Waals surface area contributed by atoms with Crippen LogP contribution in [0.5, 0.6) is 11.5 Å². The van der Waals surface area contributed by atoms with Gasteiger partial charge in [-0.25, -0.2) is 5.43 Å². The second kappa shape index (κ2) is 7.26. The number of aromatic hydroxyl groups is 1. The molecule has 0 aliphatic heterocycles. The van der Waals surface area contributed by atoms with Crippen molar-refractivity contribution in [1.82, 2.24) is 5.43 Å². The predicted molar refractivity (Wildman–Crippen MR) is 85.4 cm³/mol. The molecule has 5 nitrogen and oxygen atoms in total. The summed E-state index contributed by atoms with van der Waals surface area (Å²) in [6.07, 6.45) is 0. The molecule has 0 atom stereocenters. The number of amides is 1. The van der Waals surface area contributed by atoms with Gasteiger partial charge in [0, 0.05) is 5.56 Å². The molecule has 2 rings (SSSR count). The second-order valence-electron chi connectivity index (χ2n) is 4.64. The SMILES string of the molecule is CCOc1ccc(/C(C)=N/NC(=O)c2ccc(O)cc2)cc1. The first-order valence-corrected chi connectivity index (χ1v) is 6.97. The Balaban J connectivity index is 2.02. The number of phenols is 1. The zero-order valence-electron chi connectivity index (χ0n) is 12.5. The number of nitrogens with one attached hydrogen (secondary N) is 1. The van der Waals surface area contributed by atoms with Crippen molar-refractivity contribution in [1.29, 1.82) is 0 Å². The largest absolute Gasteiger partial charge is 0.508 e. The number of phenolic OH excluding ortho intramolecular Hbond substituents is 1. The van der Waals surface area contributed by atoms with Crippen LogP contribution in [0.3, 0.4) is 0 Å². The van der Waals surface area contributed by atoms with Gasteiger partial charge in [0.15, 0.2) is 0 Å². The van der Waals surface area contributed by atoms with E-state index in [0.717, 1.165) is 11.3 Å². The predicted octanol–water partition coefficient (Wildman–Crippen LogP) is 2.94. The number of hydrogen-bond acceptors (Lipinski definition) is 4. The topological polar surface area (TPSA) is 70.9 Å². The molecule has 0 aliphatic rings. The Kier molecular flexibility index (Phi) is 5.14. The molecule has 0 unspecified atom stereocenters. The quantitative estimate of drug-likeness (QED) is 0.658. The maximum atomic E-state index is 11.9. The van der Waals surface area contributed by atoms with Gasteiger partial charge in [0.05, 0.1) is 12.3 Å². The van der Waals surface area contributed by atoms with Crippen molar-refractivity contribution in [3.63, 3.8) is 0 Å². The molecule has 0 fully saturated rings. The number of ether oxygens (including phenoxy) is 1. The highest BCUT2D eigenvalue weighted by Gasteiger charge is 2.05. The maximum absolute atomic E-state index is 11.9. The lowest BCUT2D eigenvalue weighted by molar-refractivity contribution is 0.0955. The Morgan fingerprint density at radius 1 is 1.09 bits per heavy atom. The highest BCUT2D eigenvalue weighted by atomic mass is 16.5.